The van der Waals surface area contributed by atoms with Gasteiger partial charge in [-0.1, -0.05) is 0 Å². The summed E-state index contributed by atoms with van der Waals surface area (Å²) in [5.74, 6) is 1.94. The van der Waals surface area contributed by atoms with E-state index < -0.39 is 0 Å². The van der Waals surface area contributed by atoms with Gasteiger partial charge >= 0.3 is 0 Å². The summed E-state index contributed by atoms with van der Waals surface area (Å²) >= 11 is 1.80. The van der Waals surface area contributed by atoms with Crippen LogP contribution in [-0.4, -0.2) is 30.6 Å². The van der Waals surface area contributed by atoms with Crippen LogP contribution in [0.25, 0.3) is 0 Å². The SMILES string of the molecule is CSCCN(C)c1cc(C#N)cc(C)n1. The van der Waals surface area contributed by atoms with E-state index in [-0.39, 0.29) is 0 Å². The minimum atomic E-state index is 0.675. The summed E-state index contributed by atoms with van der Waals surface area (Å²) in [6.07, 6.45) is 2.08. The molecule has 0 amide bonds. The quantitative estimate of drug-likeness (QED) is 0.780. The van der Waals surface area contributed by atoms with Gasteiger partial charge in [-0.15, -0.1) is 0 Å². The summed E-state index contributed by atoms with van der Waals surface area (Å²) in [5.41, 5.74) is 1.56. The maximum absolute atomic E-state index is 8.84. The highest BCUT2D eigenvalue weighted by molar-refractivity contribution is 7.98. The fraction of sp³-hybridized carbons (Fsp3) is 0.455. The molecule has 0 saturated heterocycles. The molecule has 0 bridgehead atoms. The minimum absolute atomic E-state index is 0.675. The van der Waals surface area contributed by atoms with Crippen molar-refractivity contribution in [1.82, 2.24) is 4.98 Å². The van der Waals surface area contributed by atoms with Gasteiger partial charge in [0.15, 0.2) is 0 Å². The first-order valence-electron chi connectivity index (χ1n) is 4.76. The lowest BCUT2D eigenvalue weighted by Gasteiger charge is -2.18. The number of aryl methyl sites for hydroxylation is 1. The Morgan fingerprint density at radius 2 is 2.27 bits per heavy atom. The second-order valence-corrected chi connectivity index (χ2v) is 4.37. The number of rotatable bonds is 4. The smallest absolute Gasteiger partial charge is 0.129 e. The molecule has 0 radical (unpaired) electrons. The molecule has 0 N–H and O–H groups in total. The van der Waals surface area contributed by atoms with E-state index in [1.165, 1.54) is 0 Å². The molecule has 15 heavy (non-hydrogen) atoms. The van der Waals surface area contributed by atoms with Crippen LogP contribution in [0.3, 0.4) is 0 Å². The third kappa shape index (κ3) is 3.45. The van der Waals surface area contributed by atoms with Crippen LogP contribution in [0.1, 0.15) is 11.3 Å². The van der Waals surface area contributed by atoms with Gasteiger partial charge in [-0.05, 0) is 25.3 Å². The molecule has 0 spiro atoms. The van der Waals surface area contributed by atoms with Crippen LogP contribution < -0.4 is 4.90 Å². The molecule has 1 aromatic rings. The van der Waals surface area contributed by atoms with Crippen LogP contribution in [0.15, 0.2) is 12.1 Å². The Kier molecular flexibility index (Phi) is 4.44. The zero-order valence-corrected chi connectivity index (χ0v) is 10.1. The standard InChI is InChI=1S/C11H15N3S/c1-9-6-10(8-12)7-11(13-9)14(2)4-5-15-3/h6-7H,4-5H2,1-3H3. The van der Waals surface area contributed by atoms with Crippen LogP contribution in [0.4, 0.5) is 5.82 Å². The first-order valence-corrected chi connectivity index (χ1v) is 6.15. The molecular formula is C11H15N3S. The zero-order chi connectivity index (χ0) is 11.3. The monoisotopic (exact) mass is 221 g/mol. The predicted molar refractivity (Wildman–Crippen MR) is 65.3 cm³/mol. The Balaban J connectivity index is 2.84. The summed E-state index contributed by atoms with van der Waals surface area (Å²) in [4.78, 5) is 6.47. The maximum Gasteiger partial charge on any atom is 0.129 e. The van der Waals surface area contributed by atoms with Gasteiger partial charge in [0.2, 0.25) is 0 Å². The molecule has 0 saturated carbocycles. The summed E-state index contributed by atoms with van der Waals surface area (Å²) in [6.45, 7) is 2.86. The highest BCUT2D eigenvalue weighted by Crippen LogP contribution is 2.13. The third-order valence-electron chi connectivity index (χ3n) is 2.09. The number of hydrogen-bond donors (Lipinski definition) is 0. The fourth-order valence-corrected chi connectivity index (χ4v) is 1.71. The predicted octanol–water partition coefficient (Wildman–Crippen LogP) is 2.06. The molecule has 0 aromatic carbocycles. The normalized spacial score (nSPS) is 9.73. The highest BCUT2D eigenvalue weighted by Gasteiger charge is 2.04. The molecule has 0 aliphatic heterocycles. The molecule has 1 rings (SSSR count). The molecule has 0 fully saturated rings. The summed E-state index contributed by atoms with van der Waals surface area (Å²) < 4.78 is 0. The van der Waals surface area contributed by atoms with E-state index in [2.05, 4.69) is 22.2 Å². The van der Waals surface area contributed by atoms with Crippen LogP contribution in [-0.2, 0) is 0 Å². The van der Waals surface area contributed by atoms with E-state index >= 15 is 0 Å². The van der Waals surface area contributed by atoms with E-state index in [4.69, 9.17) is 5.26 Å². The third-order valence-corrected chi connectivity index (χ3v) is 2.68. The second-order valence-electron chi connectivity index (χ2n) is 3.38. The van der Waals surface area contributed by atoms with Crippen LogP contribution in [0.2, 0.25) is 0 Å². The van der Waals surface area contributed by atoms with Gasteiger partial charge < -0.3 is 4.90 Å². The number of nitriles is 1. The lowest BCUT2D eigenvalue weighted by Crippen LogP contribution is -2.21. The molecule has 80 valence electrons. The van der Waals surface area contributed by atoms with Crippen molar-refractivity contribution < 1.29 is 0 Å². The van der Waals surface area contributed by atoms with Gasteiger partial charge in [-0.3, -0.25) is 0 Å². The molecule has 4 heteroatoms. The lowest BCUT2D eigenvalue weighted by atomic mass is 10.2. The molecule has 0 aliphatic rings. The van der Waals surface area contributed by atoms with E-state index in [0.717, 1.165) is 23.8 Å². The van der Waals surface area contributed by atoms with Crippen molar-refractivity contribution in [3.8, 4) is 6.07 Å². The summed E-state index contributed by atoms with van der Waals surface area (Å²) in [6, 6.07) is 5.77. The number of anilines is 1. The largest absolute Gasteiger partial charge is 0.359 e. The number of hydrogen-bond acceptors (Lipinski definition) is 4. The van der Waals surface area contributed by atoms with E-state index in [0.29, 0.717) is 5.56 Å². The average molecular weight is 221 g/mol. The number of pyridine rings is 1. The van der Waals surface area contributed by atoms with Crippen LogP contribution in [0, 0.1) is 18.3 Å². The zero-order valence-electron chi connectivity index (χ0n) is 9.32. The average Bonchev–Trinajstić information content (AvgIpc) is 2.24. The molecule has 3 nitrogen and oxygen atoms in total. The molecular weight excluding hydrogens is 206 g/mol. The first kappa shape index (κ1) is 11.9. The molecule has 0 aliphatic carbocycles. The van der Waals surface area contributed by atoms with Crippen molar-refractivity contribution in [2.75, 3.05) is 30.5 Å². The van der Waals surface area contributed by atoms with Crippen LogP contribution in [0.5, 0.6) is 0 Å². The summed E-state index contributed by atoms with van der Waals surface area (Å²) in [5, 5.41) is 8.84. The van der Waals surface area contributed by atoms with Crippen molar-refractivity contribution in [1.29, 1.82) is 5.26 Å². The second kappa shape index (κ2) is 5.62. The Labute approximate surface area is 95.1 Å². The first-order chi connectivity index (χ1) is 7.17. The molecule has 1 heterocycles. The maximum atomic E-state index is 8.84. The Bertz CT molecular complexity index is 371. The lowest BCUT2D eigenvalue weighted by molar-refractivity contribution is 0.937. The van der Waals surface area contributed by atoms with Gasteiger partial charge in [0.05, 0.1) is 11.6 Å². The Morgan fingerprint density at radius 3 is 2.87 bits per heavy atom. The van der Waals surface area contributed by atoms with E-state index in [9.17, 15) is 0 Å². The number of aromatic nitrogens is 1. The molecule has 1 aromatic heterocycles. The van der Waals surface area contributed by atoms with Gasteiger partial charge in [0.1, 0.15) is 5.82 Å². The van der Waals surface area contributed by atoms with Gasteiger partial charge in [-0.25, -0.2) is 4.98 Å². The molecule has 0 atom stereocenters. The van der Waals surface area contributed by atoms with Gasteiger partial charge in [-0.2, -0.15) is 17.0 Å². The highest BCUT2D eigenvalue weighted by atomic mass is 32.2. The topological polar surface area (TPSA) is 39.9 Å². The summed E-state index contributed by atoms with van der Waals surface area (Å²) in [7, 11) is 2.00. The van der Waals surface area contributed by atoms with Crippen molar-refractivity contribution in [3.63, 3.8) is 0 Å². The molecule has 0 unspecified atom stereocenters. The minimum Gasteiger partial charge on any atom is -0.359 e. The Morgan fingerprint density at radius 1 is 1.53 bits per heavy atom. The van der Waals surface area contributed by atoms with Gasteiger partial charge in [0, 0.05) is 25.0 Å². The van der Waals surface area contributed by atoms with Crippen molar-refractivity contribution in [2.24, 2.45) is 0 Å². The van der Waals surface area contributed by atoms with Crippen LogP contribution >= 0.6 is 11.8 Å². The van der Waals surface area contributed by atoms with Crippen molar-refractivity contribution >= 4 is 17.6 Å². The van der Waals surface area contributed by atoms with E-state index in [1.54, 1.807) is 17.8 Å². The van der Waals surface area contributed by atoms with E-state index in [1.807, 2.05) is 20.0 Å². The van der Waals surface area contributed by atoms with Crippen molar-refractivity contribution in [2.45, 2.75) is 6.92 Å². The Hall–Kier alpha value is -1.21. The van der Waals surface area contributed by atoms with Gasteiger partial charge in [0.25, 0.3) is 0 Å². The number of thioether (sulfide) groups is 1. The fourth-order valence-electron chi connectivity index (χ4n) is 1.25. The van der Waals surface area contributed by atoms with Crippen molar-refractivity contribution in [3.05, 3.63) is 23.4 Å². The number of nitrogens with zero attached hydrogens (tertiary/aromatic N) is 3.